The lowest BCUT2D eigenvalue weighted by molar-refractivity contribution is -0.134. The lowest BCUT2D eigenvalue weighted by atomic mass is 9.85. The monoisotopic (exact) mass is 855 g/mol. The summed E-state index contributed by atoms with van der Waals surface area (Å²) in [6.45, 7) is 8.10. The molecule has 0 radical (unpaired) electrons. The molecule has 4 saturated heterocycles. The number of fused-ring (bicyclic) bond motifs is 4. The lowest BCUT2D eigenvalue weighted by Crippen LogP contribution is -2.48. The molecule has 19 heteroatoms. The zero-order valence-corrected chi connectivity index (χ0v) is 34.4. The number of hydrogen-bond acceptors (Lipinski definition) is 13. The number of piperidine rings is 1. The fourth-order valence-corrected chi connectivity index (χ4v) is 9.87. The van der Waals surface area contributed by atoms with Crippen LogP contribution in [0.2, 0.25) is 0 Å². The third kappa shape index (κ3) is 8.37. The van der Waals surface area contributed by atoms with E-state index in [2.05, 4.69) is 40.8 Å². The number of nitrogens with one attached hydrogen (secondary N) is 3. The fourth-order valence-electron chi connectivity index (χ4n) is 9.87. The maximum atomic E-state index is 14.3. The van der Waals surface area contributed by atoms with E-state index in [9.17, 15) is 23.2 Å². The van der Waals surface area contributed by atoms with Crippen molar-refractivity contribution in [1.82, 2.24) is 39.5 Å². The number of anilines is 3. The quantitative estimate of drug-likeness (QED) is 0.0791. The number of morpholine rings is 1. The molecule has 1 saturated carbocycles. The summed E-state index contributed by atoms with van der Waals surface area (Å²) in [5.41, 5.74) is 2.46. The van der Waals surface area contributed by atoms with Crippen molar-refractivity contribution in [1.29, 1.82) is 0 Å². The first-order valence-electron chi connectivity index (χ1n) is 21.7. The van der Waals surface area contributed by atoms with Gasteiger partial charge >= 0.3 is 0 Å². The van der Waals surface area contributed by atoms with Crippen LogP contribution in [0.25, 0.3) is 16.6 Å². The fraction of sp³-hybridized carbons (Fsp3) is 0.535. The van der Waals surface area contributed by atoms with Crippen LogP contribution >= 0.6 is 0 Å². The van der Waals surface area contributed by atoms with Crippen LogP contribution in [0, 0.1) is 5.92 Å². The van der Waals surface area contributed by atoms with Gasteiger partial charge in [-0.1, -0.05) is 0 Å². The molecule has 1 aliphatic carbocycles. The second-order valence-corrected chi connectivity index (χ2v) is 17.2. The first kappa shape index (κ1) is 40.6. The highest BCUT2D eigenvalue weighted by atomic mass is 19.3. The maximum Gasteiger partial charge on any atom is 0.284 e. The topological polar surface area (TPSA) is 177 Å². The Hall–Kier alpha value is -5.50. The third-order valence-corrected chi connectivity index (χ3v) is 13.3. The number of furan rings is 1. The number of alkyl halides is 2. The molecule has 1 aromatic carbocycles. The molecule has 5 aromatic rings. The number of rotatable bonds is 14. The summed E-state index contributed by atoms with van der Waals surface area (Å²) in [4.78, 5) is 49.3. The standard InChI is InChI=1S/C43H51F2N11O6/c44-40(45)39-35(48-43(59)33-19-47-55-10-9-37(49-41(33)55)54-21-30-18-29(54)23-61-30)22-56(51-39)28-4-1-26(2-5-28)20-53-13-11-52(12-14-53)15-16-60-25-46-27-3-6-31-34(24-62-36(31)17-27)32-7-8-38(57)50-42(32)58/h3,6,9-10,17,19,22,24,26,28-30,32,40,46H,1-2,4-5,7-8,11-16,18,20-21,23,25H2,(H,48,59)(H,50,57,58)/t26?,28?,29-,30-,32?/m0/s1. The maximum absolute atomic E-state index is 14.3. The summed E-state index contributed by atoms with van der Waals surface area (Å²) in [7, 11) is 0. The van der Waals surface area contributed by atoms with E-state index in [1.165, 1.54) is 10.7 Å². The molecule has 4 aromatic heterocycles. The van der Waals surface area contributed by atoms with Crippen LogP contribution < -0.4 is 20.9 Å². The normalized spacial score (nSPS) is 24.8. The summed E-state index contributed by atoms with van der Waals surface area (Å²) in [6.07, 6.45) is 9.04. The Balaban J connectivity index is 0.649. The molecule has 62 heavy (non-hydrogen) atoms. The van der Waals surface area contributed by atoms with Gasteiger partial charge in [-0.2, -0.15) is 10.2 Å². The molecule has 0 spiro atoms. The van der Waals surface area contributed by atoms with Crippen LogP contribution in [-0.2, 0) is 19.1 Å². The molecule has 5 aliphatic rings. The van der Waals surface area contributed by atoms with Gasteiger partial charge in [-0.15, -0.1) is 0 Å². The van der Waals surface area contributed by atoms with Gasteiger partial charge in [0.2, 0.25) is 11.8 Å². The minimum absolute atomic E-state index is 0.00608. The van der Waals surface area contributed by atoms with Crippen molar-refractivity contribution in [3.05, 3.63) is 65.9 Å². The number of carbonyl (C=O) groups is 3. The van der Waals surface area contributed by atoms with Gasteiger partial charge < -0.3 is 34.3 Å². The third-order valence-electron chi connectivity index (χ3n) is 13.3. The van der Waals surface area contributed by atoms with Gasteiger partial charge in [0.25, 0.3) is 12.3 Å². The largest absolute Gasteiger partial charge is 0.464 e. The average Bonchev–Trinajstić information content (AvgIpc) is 4.13. The number of hydrogen-bond donors (Lipinski definition) is 3. The number of ether oxygens (including phenoxy) is 2. The van der Waals surface area contributed by atoms with Gasteiger partial charge in [-0.25, -0.2) is 18.3 Å². The zero-order chi connectivity index (χ0) is 42.3. The van der Waals surface area contributed by atoms with E-state index >= 15 is 0 Å². The van der Waals surface area contributed by atoms with Crippen LogP contribution in [0.1, 0.15) is 84.9 Å². The molecule has 10 rings (SSSR count). The number of carbonyl (C=O) groups excluding carboxylic acids is 3. The van der Waals surface area contributed by atoms with E-state index in [4.69, 9.17) is 18.9 Å². The molecule has 3 amide bonds. The number of imide groups is 1. The van der Waals surface area contributed by atoms with E-state index in [0.717, 1.165) is 100 Å². The van der Waals surface area contributed by atoms with Gasteiger partial charge in [-0.3, -0.25) is 29.3 Å². The number of aromatic nitrogens is 5. The first-order chi connectivity index (χ1) is 30.2. The van der Waals surface area contributed by atoms with Crippen molar-refractivity contribution in [2.75, 3.05) is 81.3 Å². The highest BCUT2D eigenvalue weighted by Crippen LogP contribution is 2.37. The average molecular weight is 856 g/mol. The summed E-state index contributed by atoms with van der Waals surface area (Å²) >= 11 is 0. The van der Waals surface area contributed by atoms with Gasteiger partial charge in [0, 0.05) is 87.3 Å². The van der Waals surface area contributed by atoms with Crippen LogP contribution in [-0.4, -0.2) is 130 Å². The molecule has 3 N–H and O–H groups in total. The Morgan fingerprint density at radius 2 is 1.87 bits per heavy atom. The van der Waals surface area contributed by atoms with Gasteiger partial charge in [0.05, 0.1) is 55.5 Å². The van der Waals surface area contributed by atoms with Gasteiger partial charge in [-0.05, 0) is 62.6 Å². The summed E-state index contributed by atoms with van der Waals surface area (Å²) < 4.78 is 49.1. The number of halogens is 2. The predicted molar refractivity (Wildman–Crippen MR) is 223 cm³/mol. The number of amides is 3. The molecular weight excluding hydrogens is 805 g/mol. The second-order valence-electron chi connectivity index (χ2n) is 17.2. The summed E-state index contributed by atoms with van der Waals surface area (Å²) in [5.74, 6) is -0.208. The van der Waals surface area contributed by atoms with E-state index in [0.29, 0.717) is 49.9 Å². The molecule has 1 unspecified atom stereocenters. The van der Waals surface area contributed by atoms with Crippen molar-refractivity contribution in [3.63, 3.8) is 0 Å². The highest BCUT2D eigenvalue weighted by Gasteiger charge is 2.40. The Kier molecular flexibility index (Phi) is 11.3. The van der Waals surface area contributed by atoms with Gasteiger partial charge in [0.15, 0.2) is 11.3 Å². The lowest BCUT2D eigenvalue weighted by Gasteiger charge is -2.38. The molecule has 328 valence electrons. The Morgan fingerprint density at radius 1 is 1.03 bits per heavy atom. The van der Waals surface area contributed by atoms with Crippen LogP contribution in [0.4, 0.5) is 26.0 Å². The van der Waals surface area contributed by atoms with Crippen LogP contribution in [0.3, 0.4) is 0 Å². The van der Waals surface area contributed by atoms with E-state index in [1.54, 1.807) is 23.3 Å². The number of piperazine rings is 1. The molecule has 4 aliphatic heterocycles. The molecule has 17 nitrogen and oxygen atoms in total. The van der Waals surface area contributed by atoms with Crippen molar-refractivity contribution >= 4 is 51.5 Å². The Morgan fingerprint density at radius 3 is 2.65 bits per heavy atom. The van der Waals surface area contributed by atoms with Crippen molar-refractivity contribution in [2.45, 2.75) is 75.5 Å². The van der Waals surface area contributed by atoms with Crippen molar-refractivity contribution in [3.8, 4) is 0 Å². The van der Waals surface area contributed by atoms with Crippen LogP contribution in [0.5, 0.6) is 0 Å². The first-order valence-corrected chi connectivity index (χ1v) is 21.7. The number of benzene rings is 1. The molecule has 8 heterocycles. The predicted octanol–water partition coefficient (Wildman–Crippen LogP) is 4.79. The highest BCUT2D eigenvalue weighted by molar-refractivity contribution is 6.08. The SMILES string of the molecule is O=C1CCC(c2coc3cc(NCOCCN4CCN(CC5CCC(n6cc(NC(=O)c7cnn8ccc(N9C[C@@H]%10C[C@H]9CO%10)nc78)c(C(F)F)n6)CC5)CC4)ccc23)C(=O)N1. The summed E-state index contributed by atoms with van der Waals surface area (Å²) in [6, 6.07) is 7.86. The van der Waals surface area contributed by atoms with Crippen molar-refractivity contribution < 1.29 is 37.1 Å². The van der Waals surface area contributed by atoms with E-state index < -0.39 is 23.9 Å². The zero-order valence-electron chi connectivity index (χ0n) is 34.4. The molecular formula is C43H51F2N11O6. The second kappa shape index (κ2) is 17.3. The van der Waals surface area contributed by atoms with E-state index in [-0.39, 0.29) is 41.3 Å². The molecule has 5 fully saturated rings. The van der Waals surface area contributed by atoms with Crippen molar-refractivity contribution in [2.24, 2.45) is 5.92 Å². The number of nitrogens with zero attached hydrogens (tertiary/aromatic N) is 8. The van der Waals surface area contributed by atoms with Crippen LogP contribution in [0.15, 0.2) is 53.5 Å². The summed E-state index contributed by atoms with van der Waals surface area (Å²) in [5, 5.41) is 17.8. The van der Waals surface area contributed by atoms with E-state index in [1.807, 2.05) is 24.3 Å². The Labute approximate surface area is 356 Å². The Bertz CT molecular complexity index is 2440. The minimum Gasteiger partial charge on any atom is -0.464 e. The minimum atomic E-state index is -2.85. The van der Waals surface area contributed by atoms with Gasteiger partial charge in [0.1, 0.15) is 23.7 Å². The molecule has 2 bridgehead atoms. The molecule has 3 atom stereocenters. The smallest absolute Gasteiger partial charge is 0.284 e.